The van der Waals surface area contributed by atoms with E-state index in [9.17, 15) is 4.79 Å². The predicted molar refractivity (Wildman–Crippen MR) is 94.7 cm³/mol. The van der Waals surface area contributed by atoms with Crippen molar-refractivity contribution in [3.8, 4) is 5.75 Å². The van der Waals surface area contributed by atoms with Gasteiger partial charge in [0.2, 0.25) is 0 Å². The number of fused-ring (bicyclic) bond motifs is 1. The summed E-state index contributed by atoms with van der Waals surface area (Å²) in [5.74, 6) is 0.867. The second-order valence-electron chi connectivity index (χ2n) is 6.76. The fourth-order valence-corrected chi connectivity index (χ4v) is 4.80. The van der Waals surface area contributed by atoms with Gasteiger partial charge in [-0.2, -0.15) is 0 Å². The van der Waals surface area contributed by atoms with Crippen LogP contribution in [-0.2, 0) is 0 Å². The molecule has 5 heteroatoms. The largest absolute Gasteiger partial charge is 0.491 e. The van der Waals surface area contributed by atoms with Gasteiger partial charge in [0.15, 0.2) is 5.78 Å². The molecule has 0 aliphatic carbocycles. The van der Waals surface area contributed by atoms with Gasteiger partial charge in [0.1, 0.15) is 12.4 Å². The standard InChI is InChI=1S/C17H21Br2NO2/c1-11-5-3-4-6-20(11)9-17(2)10-22-15-13(16(17)21)7-12(18)8-14(15)19/h7-8,11H,3-6,9-10H2,1-2H3/t11-,17-/m0/s1. The maximum Gasteiger partial charge on any atom is 0.177 e. The van der Waals surface area contributed by atoms with Crippen molar-refractivity contribution in [1.82, 2.24) is 4.90 Å². The highest BCUT2D eigenvalue weighted by Crippen LogP contribution is 2.41. The fourth-order valence-electron chi connectivity index (χ4n) is 3.46. The number of ketones is 1. The maximum atomic E-state index is 13.1. The van der Waals surface area contributed by atoms with Gasteiger partial charge in [-0.3, -0.25) is 9.69 Å². The molecule has 2 aliphatic heterocycles. The lowest BCUT2D eigenvalue weighted by molar-refractivity contribution is 0.0401. The van der Waals surface area contributed by atoms with Crippen molar-refractivity contribution in [1.29, 1.82) is 0 Å². The molecule has 0 bridgehead atoms. The van der Waals surface area contributed by atoms with Crippen molar-refractivity contribution >= 4 is 37.6 Å². The van der Waals surface area contributed by atoms with E-state index in [0.29, 0.717) is 24.0 Å². The molecule has 1 aromatic carbocycles. The smallest absolute Gasteiger partial charge is 0.177 e. The Kier molecular flexibility index (Phi) is 4.68. The first-order valence-corrected chi connectivity index (χ1v) is 9.40. The number of hydrogen-bond acceptors (Lipinski definition) is 3. The average Bonchev–Trinajstić information content (AvgIpc) is 2.46. The van der Waals surface area contributed by atoms with Gasteiger partial charge in [0.05, 0.1) is 15.5 Å². The van der Waals surface area contributed by atoms with E-state index in [1.54, 1.807) is 0 Å². The lowest BCUT2D eigenvalue weighted by Crippen LogP contribution is -2.51. The molecule has 0 spiro atoms. The number of likely N-dealkylation sites (tertiary alicyclic amines) is 1. The molecule has 0 amide bonds. The lowest BCUT2D eigenvalue weighted by atomic mass is 9.79. The van der Waals surface area contributed by atoms with Gasteiger partial charge in [-0.05, 0) is 61.3 Å². The van der Waals surface area contributed by atoms with Crippen LogP contribution in [-0.4, -0.2) is 36.4 Å². The summed E-state index contributed by atoms with van der Waals surface area (Å²) in [4.78, 5) is 15.5. The Balaban J connectivity index is 1.87. The highest BCUT2D eigenvalue weighted by molar-refractivity contribution is 9.11. The molecule has 2 atom stereocenters. The Bertz CT molecular complexity index is 605. The number of ether oxygens (including phenoxy) is 1. The molecule has 0 saturated carbocycles. The van der Waals surface area contributed by atoms with E-state index in [-0.39, 0.29) is 5.78 Å². The van der Waals surface area contributed by atoms with Gasteiger partial charge < -0.3 is 4.74 Å². The zero-order valence-electron chi connectivity index (χ0n) is 13.0. The highest BCUT2D eigenvalue weighted by Gasteiger charge is 2.43. The number of Topliss-reactive ketones (excluding diaryl/α,β-unsaturated/α-hetero) is 1. The second-order valence-corrected chi connectivity index (χ2v) is 8.53. The minimum atomic E-state index is -0.473. The molecule has 0 unspecified atom stereocenters. The first-order valence-electron chi connectivity index (χ1n) is 7.81. The van der Waals surface area contributed by atoms with Gasteiger partial charge in [0.25, 0.3) is 0 Å². The van der Waals surface area contributed by atoms with E-state index in [2.05, 4.69) is 43.7 Å². The summed E-state index contributed by atoms with van der Waals surface area (Å²) in [5, 5.41) is 0. The number of carbonyl (C=O) groups excluding carboxylic acids is 1. The van der Waals surface area contributed by atoms with Crippen molar-refractivity contribution in [2.45, 2.75) is 39.2 Å². The third-order valence-electron chi connectivity index (χ3n) is 4.83. The van der Waals surface area contributed by atoms with Crippen LogP contribution < -0.4 is 4.74 Å². The van der Waals surface area contributed by atoms with Crippen LogP contribution in [0.5, 0.6) is 5.75 Å². The SMILES string of the molecule is C[C@H]1CCCCN1C[C@@]1(C)COc2c(Br)cc(Br)cc2C1=O. The molecule has 22 heavy (non-hydrogen) atoms. The minimum Gasteiger partial charge on any atom is -0.491 e. The number of hydrogen-bond donors (Lipinski definition) is 0. The molecule has 120 valence electrons. The third kappa shape index (κ3) is 3.00. The van der Waals surface area contributed by atoms with Gasteiger partial charge in [-0.25, -0.2) is 0 Å². The van der Waals surface area contributed by atoms with Crippen LogP contribution in [0.1, 0.15) is 43.5 Å². The summed E-state index contributed by atoms with van der Waals surface area (Å²) in [6.07, 6.45) is 3.74. The van der Waals surface area contributed by atoms with Gasteiger partial charge in [-0.15, -0.1) is 0 Å². The van der Waals surface area contributed by atoms with Crippen molar-refractivity contribution in [3.05, 3.63) is 26.6 Å². The van der Waals surface area contributed by atoms with E-state index in [1.807, 2.05) is 19.1 Å². The van der Waals surface area contributed by atoms with Gasteiger partial charge in [-0.1, -0.05) is 22.4 Å². The number of carbonyl (C=O) groups is 1. The molecule has 1 saturated heterocycles. The number of rotatable bonds is 2. The topological polar surface area (TPSA) is 29.5 Å². The van der Waals surface area contributed by atoms with Gasteiger partial charge >= 0.3 is 0 Å². The summed E-state index contributed by atoms with van der Waals surface area (Å²) < 4.78 is 7.68. The molecule has 1 aromatic rings. The number of nitrogens with zero attached hydrogens (tertiary/aromatic N) is 1. The lowest BCUT2D eigenvalue weighted by Gasteiger charge is -2.41. The van der Waals surface area contributed by atoms with Crippen molar-refractivity contribution in [2.75, 3.05) is 19.7 Å². The number of halogens is 2. The Morgan fingerprint density at radius 2 is 2.14 bits per heavy atom. The maximum absolute atomic E-state index is 13.1. The van der Waals surface area contributed by atoms with Crippen LogP contribution in [0.3, 0.4) is 0 Å². The Hall–Kier alpha value is -0.390. The number of benzene rings is 1. The van der Waals surface area contributed by atoms with Crippen molar-refractivity contribution < 1.29 is 9.53 Å². The fraction of sp³-hybridized carbons (Fsp3) is 0.588. The molecule has 0 N–H and O–H groups in total. The van der Waals surface area contributed by atoms with Crippen LogP contribution in [0.15, 0.2) is 21.1 Å². The first-order chi connectivity index (χ1) is 10.4. The summed E-state index contributed by atoms with van der Waals surface area (Å²) in [7, 11) is 0. The molecule has 2 aliphatic rings. The van der Waals surface area contributed by atoms with Crippen LogP contribution in [0.2, 0.25) is 0 Å². The van der Waals surface area contributed by atoms with Crippen LogP contribution in [0.25, 0.3) is 0 Å². The molecule has 1 fully saturated rings. The van der Waals surface area contributed by atoms with E-state index in [1.165, 1.54) is 19.3 Å². The van der Waals surface area contributed by atoms with Crippen molar-refractivity contribution in [2.24, 2.45) is 5.41 Å². The minimum absolute atomic E-state index is 0.188. The van der Waals surface area contributed by atoms with Gasteiger partial charge in [0, 0.05) is 17.1 Å². The van der Waals surface area contributed by atoms with Crippen LogP contribution in [0.4, 0.5) is 0 Å². The normalized spacial score (nSPS) is 29.1. The average molecular weight is 431 g/mol. The van der Waals surface area contributed by atoms with E-state index >= 15 is 0 Å². The molecule has 3 rings (SSSR count). The predicted octanol–water partition coefficient (Wildman–Crippen LogP) is 4.67. The monoisotopic (exact) mass is 429 g/mol. The highest BCUT2D eigenvalue weighted by atomic mass is 79.9. The molecule has 2 heterocycles. The first kappa shape index (κ1) is 16.5. The molecular formula is C17H21Br2NO2. The Morgan fingerprint density at radius 1 is 1.36 bits per heavy atom. The molecule has 0 radical (unpaired) electrons. The van der Waals surface area contributed by atoms with E-state index in [0.717, 1.165) is 22.0 Å². The summed E-state index contributed by atoms with van der Waals surface area (Å²) in [6, 6.07) is 4.34. The zero-order chi connectivity index (χ0) is 15.9. The molecule has 3 nitrogen and oxygen atoms in total. The number of piperidine rings is 1. The Morgan fingerprint density at radius 3 is 2.86 bits per heavy atom. The summed E-state index contributed by atoms with van der Waals surface area (Å²) in [6.45, 7) is 6.60. The zero-order valence-corrected chi connectivity index (χ0v) is 16.2. The summed E-state index contributed by atoms with van der Waals surface area (Å²) in [5.41, 5.74) is 0.207. The third-order valence-corrected chi connectivity index (χ3v) is 5.88. The Labute approximate surface area is 148 Å². The van der Waals surface area contributed by atoms with Crippen LogP contribution in [0, 0.1) is 5.41 Å². The quantitative estimate of drug-likeness (QED) is 0.682. The van der Waals surface area contributed by atoms with Crippen LogP contribution >= 0.6 is 31.9 Å². The molecular weight excluding hydrogens is 410 g/mol. The molecule has 0 aromatic heterocycles. The summed E-state index contributed by atoms with van der Waals surface area (Å²) >= 11 is 6.95. The van der Waals surface area contributed by atoms with E-state index in [4.69, 9.17) is 4.74 Å². The van der Waals surface area contributed by atoms with Crippen molar-refractivity contribution in [3.63, 3.8) is 0 Å². The second kappa shape index (κ2) is 6.25. The van der Waals surface area contributed by atoms with E-state index < -0.39 is 5.41 Å².